The van der Waals surface area contributed by atoms with E-state index in [1.54, 1.807) is 24.3 Å². The predicted octanol–water partition coefficient (Wildman–Crippen LogP) is 3.30. The van der Waals surface area contributed by atoms with E-state index in [1.165, 1.54) is 0 Å². The lowest BCUT2D eigenvalue weighted by molar-refractivity contribution is -0.140. The van der Waals surface area contributed by atoms with Crippen molar-refractivity contribution < 1.29 is 18.0 Å². The Labute approximate surface area is 169 Å². The molecule has 0 atom stereocenters. The summed E-state index contributed by atoms with van der Waals surface area (Å²) in [5.74, 6) is 0.190. The van der Waals surface area contributed by atoms with Gasteiger partial charge < -0.3 is 16.0 Å². The lowest BCUT2D eigenvalue weighted by atomic mass is 10.2. The Morgan fingerprint density at radius 1 is 1.18 bits per heavy atom. The van der Waals surface area contributed by atoms with Crippen molar-refractivity contribution in [2.75, 3.05) is 19.6 Å². The van der Waals surface area contributed by atoms with E-state index in [9.17, 15) is 18.0 Å². The van der Waals surface area contributed by atoms with Gasteiger partial charge in [0.1, 0.15) is 5.01 Å². The van der Waals surface area contributed by atoms with Crippen LogP contribution in [0, 0.1) is 0 Å². The molecule has 0 spiro atoms. The van der Waals surface area contributed by atoms with E-state index < -0.39 is 11.9 Å². The van der Waals surface area contributed by atoms with Gasteiger partial charge in [0, 0.05) is 35.6 Å². The molecule has 1 aromatic carbocycles. The number of carbonyl (C=O) groups is 1. The van der Waals surface area contributed by atoms with Crippen LogP contribution in [0.3, 0.4) is 0 Å². The standard InChI is InChI=1S/C17H19ClF3N5OS/c1-2-22-16(25-9-14-26-13(10-28-14)17(19,20)21)24-8-7-23-15(27)11-3-5-12(18)6-4-11/h3-6,10H,2,7-9H2,1H3,(H,23,27)(H2,22,24,25). The number of nitrogens with one attached hydrogen (secondary N) is 3. The van der Waals surface area contributed by atoms with Crippen molar-refractivity contribution >= 4 is 34.8 Å². The number of amides is 1. The molecule has 1 amide bonds. The molecule has 6 nitrogen and oxygen atoms in total. The molecule has 0 aliphatic rings. The molecular weight excluding hydrogens is 415 g/mol. The summed E-state index contributed by atoms with van der Waals surface area (Å²) in [5.41, 5.74) is -0.417. The lowest BCUT2D eigenvalue weighted by Crippen LogP contribution is -2.41. The van der Waals surface area contributed by atoms with E-state index in [2.05, 4.69) is 25.9 Å². The SMILES string of the molecule is CCNC(=NCc1nc(C(F)(F)F)cs1)NCCNC(=O)c1ccc(Cl)cc1. The highest BCUT2D eigenvalue weighted by molar-refractivity contribution is 7.09. The molecule has 0 radical (unpaired) electrons. The van der Waals surface area contributed by atoms with Gasteiger partial charge in [0.15, 0.2) is 11.7 Å². The highest BCUT2D eigenvalue weighted by atomic mass is 35.5. The fourth-order valence-corrected chi connectivity index (χ4v) is 2.91. The molecule has 11 heteroatoms. The van der Waals surface area contributed by atoms with Crippen molar-refractivity contribution in [3.8, 4) is 0 Å². The second kappa shape index (κ2) is 10.3. The molecule has 0 saturated heterocycles. The number of hydrogen-bond acceptors (Lipinski definition) is 4. The molecule has 2 rings (SSSR count). The first-order valence-corrected chi connectivity index (χ1v) is 9.63. The Morgan fingerprint density at radius 3 is 2.46 bits per heavy atom. The normalized spacial score (nSPS) is 12.0. The van der Waals surface area contributed by atoms with Crippen molar-refractivity contribution in [2.45, 2.75) is 19.6 Å². The number of alkyl halides is 3. The summed E-state index contributed by atoms with van der Waals surface area (Å²) in [6, 6.07) is 6.51. The third-order valence-corrected chi connectivity index (χ3v) is 4.45. The van der Waals surface area contributed by atoms with Gasteiger partial charge >= 0.3 is 6.18 Å². The van der Waals surface area contributed by atoms with Crippen molar-refractivity contribution in [2.24, 2.45) is 4.99 Å². The van der Waals surface area contributed by atoms with Crippen LogP contribution in [0.15, 0.2) is 34.6 Å². The summed E-state index contributed by atoms with van der Waals surface area (Å²) in [6.07, 6.45) is -4.45. The molecule has 28 heavy (non-hydrogen) atoms. The van der Waals surface area contributed by atoms with Crippen LogP contribution >= 0.6 is 22.9 Å². The lowest BCUT2D eigenvalue weighted by Gasteiger charge is -2.11. The van der Waals surface area contributed by atoms with Gasteiger partial charge in [-0.1, -0.05) is 11.6 Å². The third-order valence-electron chi connectivity index (χ3n) is 3.37. The third kappa shape index (κ3) is 7.01. The molecule has 2 aromatic rings. The molecule has 0 aliphatic carbocycles. The van der Waals surface area contributed by atoms with Gasteiger partial charge in [-0.25, -0.2) is 9.98 Å². The number of halogens is 4. The summed E-state index contributed by atoms with van der Waals surface area (Å²) in [4.78, 5) is 19.7. The monoisotopic (exact) mass is 433 g/mol. The molecule has 0 bridgehead atoms. The first kappa shape index (κ1) is 22.0. The fraction of sp³-hybridized carbons (Fsp3) is 0.353. The highest BCUT2D eigenvalue weighted by Crippen LogP contribution is 2.30. The molecule has 0 saturated carbocycles. The number of aliphatic imine (C=N–C) groups is 1. The number of carbonyl (C=O) groups excluding carboxylic acids is 1. The second-order valence-corrected chi connectivity index (χ2v) is 6.89. The van der Waals surface area contributed by atoms with Crippen LogP contribution in [0.25, 0.3) is 0 Å². The largest absolute Gasteiger partial charge is 0.434 e. The molecule has 3 N–H and O–H groups in total. The number of aromatic nitrogens is 1. The van der Waals surface area contributed by atoms with E-state index >= 15 is 0 Å². The van der Waals surface area contributed by atoms with E-state index in [0.717, 1.165) is 16.7 Å². The number of rotatable bonds is 7. The smallest absolute Gasteiger partial charge is 0.357 e. The van der Waals surface area contributed by atoms with Crippen LogP contribution in [-0.2, 0) is 12.7 Å². The van der Waals surface area contributed by atoms with Gasteiger partial charge in [0.2, 0.25) is 0 Å². The van der Waals surface area contributed by atoms with Crippen LogP contribution in [0.2, 0.25) is 5.02 Å². The van der Waals surface area contributed by atoms with E-state index in [4.69, 9.17) is 11.6 Å². The Bertz CT molecular complexity index is 808. The Morgan fingerprint density at radius 2 is 1.86 bits per heavy atom. The van der Waals surface area contributed by atoms with Gasteiger partial charge in [-0.3, -0.25) is 4.79 Å². The first-order chi connectivity index (χ1) is 13.3. The quantitative estimate of drug-likeness (QED) is 0.355. The topological polar surface area (TPSA) is 78.4 Å². The maximum absolute atomic E-state index is 12.6. The average Bonchev–Trinajstić information content (AvgIpc) is 3.13. The summed E-state index contributed by atoms with van der Waals surface area (Å²) in [7, 11) is 0. The van der Waals surface area contributed by atoms with Crippen molar-refractivity contribution in [3.05, 3.63) is 50.9 Å². The van der Waals surface area contributed by atoms with Crippen LogP contribution < -0.4 is 16.0 Å². The minimum absolute atomic E-state index is 0.0210. The summed E-state index contributed by atoms with van der Waals surface area (Å²) >= 11 is 6.69. The summed E-state index contributed by atoms with van der Waals surface area (Å²) in [5, 5.41) is 10.5. The zero-order valence-electron chi connectivity index (χ0n) is 14.9. The van der Waals surface area contributed by atoms with Gasteiger partial charge in [-0.15, -0.1) is 11.3 Å². The van der Waals surface area contributed by atoms with Gasteiger partial charge in [0.05, 0.1) is 6.54 Å². The Hall–Kier alpha value is -2.33. The van der Waals surface area contributed by atoms with Gasteiger partial charge in [-0.2, -0.15) is 13.2 Å². The molecular formula is C17H19ClF3N5OS. The maximum atomic E-state index is 12.6. The summed E-state index contributed by atoms with van der Waals surface area (Å²) < 4.78 is 37.7. The molecule has 1 heterocycles. The van der Waals surface area contributed by atoms with Crippen LogP contribution in [0.4, 0.5) is 13.2 Å². The molecule has 1 aromatic heterocycles. The highest BCUT2D eigenvalue weighted by Gasteiger charge is 2.33. The minimum Gasteiger partial charge on any atom is -0.357 e. The van der Waals surface area contributed by atoms with Crippen LogP contribution in [0.5, 0.6) is 0 Å². The van der Waals surface area contributed by atoms with E-state index in [0.29, 0.717) is 36.2 Å². The molecule has 152 valence electrons. The zero-order valence-corrected chi connectivity index (χ0v) is 16.5. The number of nitrogens with zero attached hydrogens (tertiary/aromatic N) is 2. The second-order valence-electron chi connectivity index (χ2n) is 5.51. The zero-order chi connectivity index (χ0) is 20.6. The van der Waals surface area contributed by atoms with Crippen molar-refractivity contribution in [3.63, 3.8) is 0 Å². The minimum atomic E-state index is -4.45. The molecule has 0 fully saturated rings. The predicted molar refractivity (Wildman–Crippen MR) is 104 cm³/mol. The fourth-order valence-electron chi connectivity index (χ4n) is 2.06. The Kier molecular flexibility index (Phi) is 8.06. The first-order valence-electron chi connectivity index (χ1n) is 8.37. The number of thiazole rings is 1. The van der Waals surface area contributed by atoms with Crippen molar-refractivity contribution in [1.29, 1.82) is 0 Å². The van der Waals surface area contributed by atoms with Crippen LogP contribution in [0.1, 0.15) is 28.0 Å². The molecule has 0 unspecified atom stereocenters. The Balaban J connectivity index is 1.81. The van der Waals surface area contributed by atoms with Crippen molar-refractivity contribution in [1.82, 2.24) is 20.9 Å². The number of guanidine groups is 1. The van der Waals surface area contributed by atoms with Crippen LogP contribution in [-0.4, -0.2) is 36.5 Å². The number of hydrogen-bond donors (Lipinski definition) is 3. The van der Waals surface area contributed by atoms with E-state index in [-0.39, 0.29) is 17.5 Å². The summed E-state index contributed by atoms with van der Waals surface area (Å²) in [6.45, 7) is 3.19. The average molecular weight is 434 g/mol. The molecule has 0 aliphatic heterocycles. The van der Waals surface area contributed by atoms with Gasteiger partial charge in [0.25, 0.3) is 5.91 Å². The number of benzene rings is 1. The maximum Gasteiger partial charge on any atom is 0.434 e. The van der Waals surface area contributed by atoms with Gasteiger partial charge in [-0.05, 0) is 31.2 Å². The van der Waals surface area contributed by atoms with E-state index in [1.807, 2.05) is 6.92 Å².